The normalized spacial score (nSPS) is 16.9. The first-order valence-electron chi connectivity index (χ1n) is 11.9. The Morgan fingerprint density at radius 1 is 1.31 bits per heavy atom. The summed E-state index contributed by atoms with van der Waals surface area (Å²) in [6.45, 7) is 11.6. The first kappa shape index (κ1) is 27.9. The maximum Gasteiger partial charge on any atom is 0.121 e. The second kappa shape index (κ2) is 13.6. The summed E-state index contributed by atoms with van der Waals surface area (Å²) in [7, 11) is 0. The number of morpholine rings is 1. The fraction of sp³-hybridized carbons (Fsp3) is 0.370. The number of nitrogens with two attached hydrogens (primary N) is 1. The molecule has 7 nitrogen and oxygen atoms in total. The Morgan fingerprint density at radius 2 is 2.06 bits per heavy atom. The van der Waals surface area contributed by atoms with E-state index in [1.54, 1.807) is 48.8 Å². The van der Waals surface area contributed by atoms with Crippen LogP contribution in [-0.2, 0) is 11.3 Å². The molecule has 36 heavy (non-hydrogen) atoms. The van der Waals surface area contributed by atoms with Gasteiger partial charge in [0.2, 0.25) is 0 Å². The molecule has 2 atom stereocenters. The van der Waals surface area contributed by atoms with Gasteiger partial charge in [0.15, 0.2) is 0 Å². The minimum Gasteiger partial charge on any atom is -0.486 e. The van der Waals surface area contributed by atoms with Gasteiger partial charge in [0.05, 0.1) is 48.1 Å². The number of nitrogen functional groups attached to an aromatic ring is 1. The van der Waals surface area contributed by atoms with Gasteiger partial charge in [-0.15, -0.1) is 11.6 Å². The Kier molecular flexibility index (Phi) is 10.5. The average Bonchev–Trinajstić information content (AvgIpc) is 2.89. The van der Waals surface area contributed by atoms with E-state index in [1.165, 1.54) is 0 Å². The molecule has 1 aromatic heterocycles. The van der Waals surface area contributed by atoms with E-state index in [4.69, 9.17) is 43.8 Å². The third-order valence-electron chi connectivity index (χ3n) is 5.85. The van der Waals surface area contributed by atoms with Crippen molar-refractivity contribution in [1.82, 2.24) is 14.9 Å². The van der Waals surface area contributed by atoms with Crippen LogP contribution in [0.5, 0.6) is 5.75 Å². The van der Waals surface area contributed by atoms with Crippen LogP contribution < -0.4 is 10.5 Å². The molecular weight excluding hydrogens is 497 g/mol. The second-order valence-corrected chi connectivity index (χ2v) is 9.39. The quantitative estimate of drug-likeness (QED) is 0.174. The smallest absolute Gasteiger partial charge is 0.121 e. The molecule has 0 radical (unpaired) electrons. The highest BCUT2D eigenvalue weighted by Crippen LogP contribution is 2.29. The number of hydrogen-bond donors (Lipinski definition) is 2. The molecule has 9 heteroatoms. The minimum absolute atomic E-state index is 0.230. The van der Waals surface area contributed by atoms with Gasteiger partial charge in [-0.3, -0.25) is 14.9 Å². The summed E-state index contributed by atoms with van der Waals surface area (Å²) in [6, 6.07) is 5.22. The van der Waals surface area contributed by atoms with Gasteiger partial charge < -0.3 is 20.6 Å². The Bertz CT molecular complexity index is 1110. The van der Waals surface area contributed by atoms with Crippen molar-refractivity contribution in [1.29, 1.82) is 5.41 Å². The molecule has 2 aromatic rings. The van der Waals surface area contributed by atoms with Crippen molar-refractivity contribution in [3.63, 3.8) is 0 Å². The monoisotopic (exact) mass is 529 g/mol. The second-order valence-electron chi connectivity index (χ2n) is 8.46. The van der Waals surface area contributed by atoms with E-state index in [2.05, 4.69) is 21.4 Å². The van der Waals surface area contributed by atoms with Crippen LogP contribution >= 0.6 is 23.2 Å². The molecule has 0 spiro atoms. The standard InChI is InChI=1S/C27H33Cl2N5O2/c1-4-23(28)27(24(29)5-2)18(3)36-21-7-9-26(31)22(14-21)25(30)8-6-19-15-33-20(16-32-19)17-34-10-12-35-13-11-34/h4,6-9,14-16,18,24,30H,1,5,10-13,17,31H2,2-3H3/b8-6+,27-23+,30-25?. The first-order valence-corrected chi connectivity index (χ1v) is 12.7. The summed E-state index contributed by atoms with van der Waals surface area (Å²) in [5.74, 6) is 0.558. The molecule has 3 rings (SSSR count). The lowest BCUT2D eigenvalue weighted by atomic mass is 10.0. The number of hydrogen-bond acceptors (Lipinski definition) is 7. The van der Waals surface area contributed by atoms with Gasteiger partial charge in [0.25, 0.3) is 0 Å². The summed E-state index contributed by atoms with van der Waals surface area (Å²) in [5.41, 5.74) is 9.74. The van der Waals surface area contributed by atoms with Crippen LogP contribution in [0.1, 0.15) is 37.2 Å². The number of nitrogens with one attached hydrogen (secondary N) is 1. The first-order chi connectivity index (χ1) is 17.3. The highest BCUT2D eigenvalue weighted by molar-refractivity contribution is 6.33. The van der Waals surface area contributed by atoms with Crippen molar-refractivity contribution in [3.05, 3.63) is 76.9 Å². The number of ether oxygens (including phenoxy) is 2. The third-order valence-corrected chi connectivity index (χ3v) is 6.77. The van der Waals surface area contributed by atoms with Gasteiger partial charge in [0, 0.05) is 41.5 Å². The van der Waals surface area contributed by atoms with E-state index >= 15 is 0 Å². The molecule has 0 amide bonds. The van der Waals surface area contributed by atoms with Gasteiger partial charge in [-0.25, -0.2) is 0 Å². The van der Waals surface area contributed by atoms with Crippen molar-refractivity contribution in [2.24, 2.45) is 0 Å². The summed E-state index contributed by atoms with van der Waals surface area (Å²) in [4.78, 5) is 11.3. The Balaban J connectivity index is 1.68. The summed E-state index contributed by atoms with van der Waals surface area (Å²) >= 11 is 12.8. The number of benzene rings is 1. The van der Waals surface area contributed by atoms with E-state index in [0.717, 1.165) is 44.1 Å². The molecule has 0 bridgehead atoms. The van der Waals surface area contributed by atoms with Gasteiger partial charge >= 0.3 is 0 Å². The molecule has 2 heterocycles. The van der Waals surface area contributed by atoms with Crippen molar-refractivity contribution in [2.75, 3.05) is 32.0 Å². The van der Waals surface area contributed by atoms with Crippen molar-refractivity contribution >= 4 is 40.7 Å². The highest BCUT2D eigenvalue weighted by atomic mass is 35.5. The van der Waals surface area contributed by atoms with Gasteiger partial charge in [-0.1, -0.05) is 31.2 Å². The van der Waals surface area contributed by atoms with Gasteiger partial charge in [0.1, 0.15) is 11.9 Å². The number of alkyl halides is 1. The van der Waals surface area contributed by atoms with Crippen LogP contribution in [0.3, 0.4) is 0 Å². The fourth-order valence-electron chi connectivity index (χ4n) is 3.83. The maximum absolute atomic E-state index is 8.54. The third kappa shape index (κ3) is 7.64. The zero-order valence-electron chi connectivity index (χ0n) is 20.7. The molecule has 2 unspecified atom stereocenters. The molecule has 1 saturated heterocycles. The van der Waals surface area contributed by atoms with Gasteiger partial charge in [-0.2, -0.15) is 0 Å². The molecule has 0 saturated carbocycles. The Morgan fingerprint density at radius 3 is 2.69 bits per heavy atom. The average molecular weight is 531 g/mol. The van der Waals surface area contributed by atoms with Crippen LogP contribution in [0.4, 0.5) is 5.69 Å². The lowest BCUT2D eigenvalue weighted by Crippen LogP contribution is -2.35. The molecular formula is C27H33Cl2N5O2. The largest absolute Gasteiger partial charge is 0.486 e. The predicted molar refractivity (Wildman–Crippen MR) is 148 cm³/mol. The van der Waals surface area contributed by atoms with Crippen LogP contribution in [0, 0.1) is 5.41 Å². The minimum atomic E-state index is -0.384. The Hall–Kier alpha value is -2.71. The summed E-state index contributed by atoms with van der Waals surface area (Å²) in [5, 5.41) is 8.74. The van der Waals surface area contributed by atoms with Crippen LogP contribution in [0.25, 0.3) is 6.08 Å². The van der Waals surface area contributed by atoms with Crippen LogP contribution in [-0.4, -0.2) is 58.4 Å². The van der Waals surface area contributed by atoms with Crippen LogP contribution in [0.2, 0.25) is 0 Å². The molecule has 0 aliphatic carbocycles. The Labute approximate surface area is 223 Å². The highest BCUT2D eigenvalue weighted by Gasteiger charge is 2.21. The predicted octanol–water partition coefficient (Wildman–Crippen LogP) is 5.44. The topological polar surface area (TPSA) is 97.4 Å². The number of rotatable bonds is 11. The van der Waals surface area contributed by atoms with E-state index in [0.29, 0.717) is 34.1 Å². The fourth-order valence-corrected chi connectivity index (χ4v) is 4.46. The lowest BCUT2D eigenvalue weighted by molar-refractivity contribution is 0.0336. The number of nitrogens with zero attached hydrogens (tertiary/aromatic N) is 3. The summed E-state index contributed by atoms with van der Waals surface area (Å²) in [6.07, 6.45) is 8.75. The molecule has 3 N–H and O–H groups in total. The number of aromatic nitrogens is 2. The maximum atomic E-state index is 8.54. The number of allylic oxidation sites excluding steroid dienone is 3. The molecule has 1 aromatic carbocycles. The van der Waals surface area contributed by atoms with Gasteiger partial charge in [-0.05, 0) is 43.7 Å². The number of halogens is 2. The van der Waals surface area contributed by atoms with E-state index in [9.17, 15) is 0 Å². The molecule has 1 aliphatic heterocycles. The zero-order valence-corrected chi connectivity index (χ0v) is 22.2. The molecule has 1 aliphatic rings. The summed E-state index contributed by atoms with van der Waals surface area (Å²) < 4.78 is 11.5. The van der Waals surface area contributed by atoms with E-state index < -0.39 is 0 Å². The van der Waals surface area contributed by atoms with E-state index in [1.807, 2.05) is 13.8 Å². The molecule has 1 fully saturated rings. The van der Waals surface area contributed by atoms with Crippen LogP contribution in [0.15, 0.2) is 59.9 Å². The van der Waals surface area contributed by atoms with Crippen molar-refractivity contribution in [3.8, 4) is 5.75 Å². The van der Waals surface area contributed by atoms with Crippen molar-refractivity contribution in [2.45, 2.75) is 38.3 Å². The molecule has 192 valence electrons. The van der Waals surface area contributed by atoms with E-state index in [-0.39, 0.29) is 17.2 Å². The number of anilines is 1. The van der Waals surface area contributed by atoms with Crippen molar-refractivity contribution < 1.29 is 9.47 Å². The lowest BCUT2D eigenvalue weighted by Gasteiger charge is -2.25. The zero-order chi connectivity index (χ0) is 26.1. The SMILES string of the molecule is C=C/C(Cl)=C(\C(Cl)CC)C(C)Oc1ccc(N)c(C(=N)/C=C/c2cnc(CN3CCOCC3)cn2)c1.